The molecule has 0 aliphatic heterocycles. The van der Waals surface area contributed by atoms with E-state index in [0.717, 1.165) is 12.8 Å². The van der Waals surface area contributed by atoms with Crippen molar-refractivity contribution in [3.8, 4) is 0 Å². The first-order chi connectivity index (χ1) is 10.1. The van der Waals surface area contributed by atoms with E-state index in [1.54, 1.807) is 11.6 Å². The molecule has 1 fully saturated rings. The summed E-state index contributed by atoms with van der Waals surface area (Å²) in [5.74, 6) is 0.0195. The van der Waals surface area contributed by atoms with Gasteiger partial charge >= 0.3 is 0 Å². The van der Waals surface area contributed by atoms with Crippen LogP contribution in [0.3, 0.4) is 0 Å². The highest BCUT2D eigenvalue weighted by Gasteiger charge is 2.24. The predicted molar refractivity (Wildman–Crippen MR) is 80.9 cm³/mol. The minimum absolute atomic E-state index is 0.000355. The topological polar surface area (TPSA) is 98.7 Å². The largest absolute Gasteiger partial charge is 0.381 e. The molecule has 0 spiro atoms. The number of sulfonamides is 1. The highest BCUT2D eigenvalue weighted by molar-refractivity contribution is 7.89. The fourth-order valence-electron chi connectivity index (χ4n) is 2.57. The zero-order valence-electron chi connectivity index (χ0n) is 11.5. The first-order valence-corrected chi connectivity index (χ1v) is 9.26. The number of nitrogen functional groups attached to an aromatic ring is 1. The van der Waals surface area contributed by atoms with Gasteiger partial charge in [-0.1, -0.05) is 12.8 Å². The third kappa shape index (κ3) is 3.05. The number of imidazole rings is 1. The molecule has 1 aliphatic rings. The van der Waals surface area contributed by atoms with Gasteiger partial charge in [-0.2, -0.15) is 0 Å². The van der Waals surface area contributed by atoms with Gasteiger partial charge in [0.05, 0.1) is 12.7 Å². The molecule has 116 valence electrons. The number of nitrogens with one attached hydrogen (secondary N) is 1. The zero-order valence-corrected chi connectivity index (χ0v) is 13.1. The zero-order chi connectivity index (χ0) is 14.9. The molecule has 0 radical (unpaired) electrons. The van der Waals surface area contributed by atoms with Crippen molar-refractivity contribution in [3.63, 3.8) is 0 Å². The number of hydrogen-bond acceptors (Lipinski definition) is 6. The number of nitrogens with two attached hydrogens (primary N) is 1. The molecule has 2 heterocycles. The average molecular weight is 330 g/mol. The van der Waals surface area contributed by atoms with Crippen molar-refractivity contribution in [3.05, 3.63) is 11.6 Å². The van der Waals surface area contributed by atoms with Crippen LogP contribution in [0.15, 0.2) is 16.6 Å². The van der Waals surface area contributed by atoms with E-state index in [4.69, 9.17) is 10.5 Å². The second-order valence-electron chi connectivity index (χ2n) is 5.03. The van der Waals surface area contributed by atoms with E-state index in [0.29, 0.717) is 11.6 Å². The number of anilines is 1. The number of fused-ring (bicyclic) bond motifs is 1. The summed E-state index contributed by atoms with van der Waals surface area (Å²) in [5, 5.41) is 1.77. The van der Waals surface area contributed by atoms with Crippen molar-refractivity contribution in [2.45, 2.75) is 36.8 Å². The Hall–Kier alpha value is -1.16. The highest BCUT2D eigenvalue weighted by atomic mass is 32.2. The van der Waals surface area contributed by atoms with Crippen LogP contribution in [0.25, 0.3) is 4.96 Å². The number of thiazole rings is 1. The Kier molecular flexibility index (Phi) is 4.16. The number of aromatic nitrogens is 2. The van der Waals surface area contributed by atoms with Gasteiger partial charge in [0.2, 0.25) is 0 Å². The van der Waals surface area contributed by atoms with Crippen LogP contribution in [0.2, 0.25) is 0 Å². The van der Waals surface area contributed by atoms with Gasteiger partial charge in [-0.25, -0.2) is 18.1 Å². The summed E-state index contributed by atoms with van der Waals surface area (Å²) in [4.78, 5) is 4.60. The third-order valence-electron chi connectivity index (χ3n) is 3.55. The standard InChI is InChI=1S/C12H18N4O3S2/c13-10-11(16-6-8-20-12(16)15-10)21(17,18)14-5-7-19-9-3-1-2-4-9/h6,8-9,14H,1-5,7,13H2. The van der Waals surface area contributed by atoms with Crippen LogP contribution >= 0.6 is 11.3 Å². The van der Waals surface area contributed by atoms with Gasteiger partial charge in [0, 0.05) is 18.1 Å². The van der Waals surface area contributed by atoms with E-state index in [2.05, 4.69) is 9.71 Å². The lowest BCUT2D eigenvalue weighted by atomic mass is 10.3. The molecule has 3 N–H and O–H groups in total. The Labute approximate surface area is 127 Å². The summed E-state index contributed by atoms with van der Waals surface area (Å²) in [6.07, 6.45) is 6.44. The van der Waals surface area contributed by atoms with Crippen LogP contribution in [-0.2, 0) is 14.8 Å². The van der Waals surface area contributed by atoms with Crippen LogP contribution in [0.5, 0.6) is 0 Å². The fraction of sp³-hybridized carbons (Fsp3) is 0.583. The van der Waals surface area contributed by atoms with Crippen molar-refractivity contribution in [1.82, 2.24) is 14.1 Å². The summed E-state index contributed by atoms with van der Waals surface area (Å²) in [6, 6.07) is 0. The molecule has 3 rings (SSSR count). The van der Waals surface area contributed by atoms with E-state index >= 15 is 0 Å². The second kappa shape index (κ2) is 5.91. The maximum Gasteiger partial charge on any atom is 0.260 e. The predicted octanol–water partition coefficient (Wildman–Crippen LogP) is 1.22. The monoisotopic (exact) mass is 330 g/mol. The summed E-state index contributed by atoms with van der Waals surface area (Å²) < 4.78 is 34.3. The molecule has 0 aromatic carbocycles. The van der Waals surface area contributed by atoms with Gasteiger partial charge in [0.15, 0.2) is 15.8 Å². The average Bonchev–Trinajstić information content (AvgIpc) is 3.10. The van der Waals surface area contributed by atoms with Crippen molar-refractivity contribution < 1.29 is 13.2 Å². The maximum absolute atomic E-state index is 12.3. The lowest BCUT2D eigenvalue weighted by Crippen LogP contribution is -2.29. The van der Waals surface area contributed by atoms with Crippen LogP contribution in [0, 0.1) is 0 Å². The Balaban J connectivity index is 1.63. The smallest absolute Gasteiger partial charge is 0.260 e. The minimum atomic E-state index is -3.69. The Morgan fingerprint density at radius 2 is 2.24 bits per heavy atom. The summed E-state index contributed by atoms with van der Waals surface area (Å²) in [6.45, 7) is 0.602. The molecule has 2 aromatic rings. The Morgan fingerprint density at radius 1 is 1.48 bits per heavy atom. The van der Waals surface area contributed by atoms with Gasteiger partial charge in [-0.3, -0.25) is 4.40 Å². The first kappa shape index (κ1) is 14.8. The molecule has 0 bridgehead atoms. The van der Waals surface area contributed by atoms with Gasteiger partial charge < -0.3 is 10.5 Å². The molecule has 9 heteroatoms. The molecule has 0 unspecified atom stereocenters. The normalized spacial score (nSPS) is 17.0. The lowest BCUT2D eigenvalue weighted by Gasteiger charge is -2.11. The van der Waals surface area contributed by atoms with E-state index in [1.807, 2.05) is 0 Å². The molecular weight excluding hydrogens is 312 g/mol. The molecule has 21 heavy (non-hydrogen) atoms. The Bertz CT molecular complexity index is 716. The van der Waals surface area contributed by atoms with Gasteiger partial charge in [0.1, 0.15) is 0 Å². The molecule has 2 aromatic heterocycles. The molecule has 1 aliphatic carbocycles. The fourth-order valence-corrected chi connectivity index (χ4v) is 4.57. The molecule has 0 saturated heterocycles. The number of nitrogens with zero attached hydrogens (tertiary/aromatic N) is 2. The van der Waals surface area contributed by atoms with Crippen LogP contribution in [0.4, 0.5) is 5.82 Å². The second-order valence-corrected chi connectivity index (χ2v) is 7.59. The van der Waals surface area contributed by atoms with E-state index in [-0.39, 0.29) is 23.5 Å². The molecule has 1 saturated carbocycles. The number of rotatable bonds is 6. The van der Waals surface area contributed by atoms with E-state index in [1.165, 1.54) is 28.6 Å². The number of hydrogen-bond donors (Lipinski definition) is 2. The van der Waals surface area contributed by atoms with Crippen molar-refractivity contribution in [1.29, 1.82) is 0 Å². The van der Waals surface area contributed by atoms with Gasteiger partial charge in [0.25, 0.3) is 10.0 Å². The maximum atomic E-state index is 12.3. The van der Waals surface area contributed by atoms with E-state index in [9.17, 15) is 8.42 Å². The van der Waals surface area contributed by atoms with Gasteiger partial charge in [-0.15, -0.1) is 11.3 Å². The van der Waals surface area contributed by atoms with E-state index < -0.39 is 10.0 Å². The molecule has 0 amide bonds. The molecule has 0 atom stereocenters. The molecule has 7 nitrogen and oxygen atoms in total. The van der Waals surface area contributed by atoms with Crippen LogP contribution in [-0.4, -0.2) is 37.1 Å². The van der Waals surface area contributed by atoms with Crippen molar-refractivity contribution in [2.24, 2.45) is 0 Å². The summed E-state index contributed by atoms with van der Waals surface area (Å²) in [7, 11) is -3.69. The van der Waals surface area contributed by atoms with Crippen molar-refractivity contribution >= 4 is 32.1 Å². The number of ether oxygens (including phenoxy) is 1. The quantitative estimate of drug-likeness (QED) is 0.776. The van der Waals surface area contributed by atoms with Gasteiger partial charge in [-0.05, 0) is 12.8 Å². The minimum Gasteiger partial charge on any atom is -0.381 e. The van der Waals surface area contributed by atoms with Crippen molar-refractivity contribution in [2.75, 3.05) is 18.9 Å². The summed E-state index contributed by atoms with van der Waals surface area (Å²) >= 11 is 1.34. The lowest BCUT2D eigenvalue weighted by molar-refractivity contribution is 0.0626. The summed E-state index contributed by atoms with van der Waals surface area (Å²) in [5.41, 5.74) is 5.71. The van der Waals surface area contributed by atoms with Crippen LogP contribution in [0.1, 0.15) is 25.7 Å². The highest BCUT2D eigenvalue weighted by Crippen LogP contribution is 2.23. The first-order valence-electron chi connectivity index (χ1n) is 6.90. The molecular formula is C12H18N4O3S2. The SMILES string of the molecule is Nc1nc2sccn2c1S(=O)(=O)NCCOC1CCCC1. The Morgan fingerprint density at radius 3 is 3.00 bits per heavy atom. The third-order valence-corrected chi connectivity index (χ3v) is 5.80. The van der Waals surface area contributed by atoms with Crippen LogP contribution < -0.4 is 10.5 Å².